The maximum atomic E-state index is 12.2. The van der Waals surface area contributed by atoms with Gasteiger partial charge in [-0.15, -0.1) is 0 Å². The van der Waals surface area contributed by atoms with E-state index in [1.54, 1.807) is 6.26 Å². The molecule has 1 N–H and O–H groups in total. The second kappa shape index (κ2) is 5.45. The number of nitrogens with one attached hydrogen (secondary N) is 1. The van der Waals surface area contributed by atoms with E-state index in [4.69, 9.17) is 4.42 Å². The second-order valence-corrected chi connectivity index (χ2v) is 5.09. The van der Waals surface area contributed by atoms with Gasteiger partial charge < -0.3 is 9.40 Å². The van der Waals surface area contributed by atoms with E-state index in [0.29, 0.717) is 6.54 Å². The van der Waals surface area contributed by atoms with Crippen molar-refractivity contribution >= 4 is 5.78 Å². The Bertz CT molecular complexity index is 581. The van der Waals surface area contributed by atoms with Crippen LogP contribution >= 0.6 is 0 Å². The Labute approximate surface area is 113 Å². The van der Waals surface area contributed by atoms with Crippen LogP contribution in [0.1, 0.15) is 33.1 Å². The number of hydrogen-bond acceptors (Lipinski definition) is 3. The first-order chi connectivity index (χ1) is 8.97. The van der Waals surface area contributed by atoms with Crippen molar-refractivity contribution in [3.8, 4) is 0 Å². The molecular formula is C15H20N2O2. The average molecular weight is 260 g/mol. The van der Waals surface area contributed by atoms with Gasteiger partial charge in [-0.25, -0.2) is 0 Å². The largest absolute Gasteiger partial charge is 0.469 e. The van der Waals surface area contributed by atoms with E-state index in [0.717, 1.165) is 34.8 Å². The van der Waals surface area contributed by atoms with Gasteiger partial charge >= 0.3 is 0 Å². The molecule has 19 heavy (non-hydrogen) atoms. The average Bonchev–Trinajstić information content (AvgIpc) is 2.85. The number of H-pyrrole nitrogens is 1. The molecule has 0 aliphatic rings. The molecule has 0 aliphatic carbocycles. The van der Waals surface area contributed by atoms with Crippen LogP contribution < -0.4 is 0 Å². The molecular weight excluding hydrogens is 240 g/mol. The van der Waals surface area contributed by atoms with Crippen molar-refractivity contribution in [2.75, 3.05) is 13.6 Å². The Balaban J connectivity index is 1.99. The van der Waals surface area contributed by atoms with Crippen molar-refractivity contribution < 1.29 is 9.21 Å². The van der Waals surface area contributed by atoms with Gasteiger partial charge in [-0.1, -0.05) is 0 Å². The molecule has 0 unspecified atom stereocenters. The van der Waals surface area contributed by atoms with Crippen LogP contribution in [-0.2, 0) is 6.54 Å². The SMILES string of the molecule is Cc1cc(C(=O)CN(C)Cc2ccoc2C)c(C)[nH]1. The summed E-state index contributed by atoms with van der Waals surface area (Å²) in [6, 6.07) is 3.86. The first-order valence-electron chi connectivity index (χ1n) is 6.38. The number of rotatable bonds is 5. The lowest BCUT2D eigenvalue weighted by Crippen LogP contribution is -2.25. The summed E-state index contributed by atoms with van der Waals surface area (Å²) < 4.78 is 5.26. The number of nitrogens with zero attached hydrogens (tertiary/aromatic N) is 1. The van der Waals surface area contributed by atoms with E-state index < -0.39 is 0 Å². The number of aromatic nitrogens is 1. The molecule has 0 saturated heterocycles. The molecule has 0 fully saturated rings. The minimum Gasteiger partial charge on any atom is -0.469 e. The number of ketones is 1. The van der Waals surface area contributed by atoms with E-state index >= 15 is 0 Å². The number of aromatic amines is 1. The van der Waals surface area contributed by atoms with Crippen LogP contribution in [0.4, 0.5) is 0 Å². The van der Waals surface area contributed by atoms with Crippen molar-refractivity contribution in [2.24, 2.45) is 0 Å². The van der Waals surface area contributed by atoms with Gasteiger partial charge in [-0.2, -0.15) is 0 Å². The Morgan fingerprint density at radius 1 is 1.37 bits per heavy atom. The highest BCUT2D eigenvalue weighted by atomic mass is 16.3. The van der Waals surface area contributed by atoms with E-state index in [1.807, 2.05) is 44.9 Å². The maximum Gasteiger partial charge on any atom is 0.178 e. The minimum atomic E-state index is 0.144. The molecule has 2 aromatic rings. The molecule has 0 radical (unpaired) electrons. The molecule has 0 aromatic carbocycles. The Kier molecular flexibility index (Phi) is 3.90. The third-order valence-electron chi connectivity index (χ3n) is 3.27. The first-order valence-corrected chi connectivity index (χ1v) is 6.38. The highest BCUT2D eigenvalue weighted by Gasteiger charge is 2.14. The zero-order chi connectivity index (χ0) is 14.0. The molecule has 4 nitrogen and oxygen atoms in total. The number of likely N-dealkylation sites (N-methyl/N-ethyl adjacent to an activating group) is 1. The summed E-state index contributed by atoms with van der Waals surface area (Å²) >= 11 is 0. The van der Waals surface area contributed by atoms with E-state index in [2.05, 4.69) is 4.98 Å². The van der Waals surface area contributed by atoms with Crippen molar-refractivity contribution in [2.45, 2.75) is 27.3 Å². The van der Waals surface area contributed by atoms with Crippen LogP contribution in [-0.4, -0.2) is 29.3 Å². The monoisotopic (exact) mass is 260 g/mol. The quantitative estimate of drug-likeness (QED) is 0.841. The molecule has 0 amide bonds. The molecule has 102 valence electrons. The normalized spacial score (nSPS) is 11.2. The number of Topliss-reactive ketones (excluding diaryl/α,β-unsaturated/α-hetero) is 1. The third-order valence-corrected chi connectivity index (χ3v) is 3.27. The first kappa shape index (κ1) is 13.6. The summed E-state index contributed by atoms with van der Waals surface area (Å²) in [7, 11) is 1.94. The van der Waals surface area contributed by atoms with Gasteiger partial charge in [-0.3, -0.25) is 9.69 Å². The van der Waals surface area contributed by atoms with E-state index in [1.165, 1.54) is 0 Å². The molecule has 0 saturated carbocycles. The highest BCUT2D eigenvalue weighted by molar-refractivity contribution is 5.98. The number of carbonyl (C=O) groups is 1. The summed E-state index contributed by atoms with van der Waals surface area (Å²) in [5, 5.41) is 0. The van der Waals surface area contributed by atoms with E-state index in [-0.39, 0.29) is 5.78 Å². The molecule has 2 aromatic heterocycles. The van der Waals surface area contributed by atoms with Crippen LogP contribution in [0.2, 0.25) is 0 Å². The molecule has 2 heterocycles. The minimum absolute atomic E-state index is 0.144. The van der Waals surface area contributed by atoms with Gasteiger partial charge in [0.15, 0.2) is 5.78 Å². The number of furan rings is 1. The fraction of sp³-hybridized carbons (Fsp3) is 0.400. The molecule has 0 spiro atoms. The van der Waals surface area contributed by atoms with Gasteiger partial charge in [0.05, 0.1) is 12.8 Å². The fourth-order valence-corrected chi connectivity index (χ4v) is 2.27. The van der Waals surface area contributed by atoms with Crippen molar-refractivity contribution in [1.82, 2.24) is 9.88 Å². The summed E-state index contributed by atoms with van der Waals surface area (Å²) in [5.74, 6) is 1.05. The smallest absolute Gasteiger partial charge is 0.178 e. The van der Waals surface area contributed by atoms with Crippen molar-refractivity contribution in [3.05, 3.63) is 46.7 Å². The van der Waals surface area contributed by atoms with Crippen LogP contribution in [0.25, 0.3) is 0 Å². The summed E-state index contributed by atoms with van der Waals surface area (Å²) in [6.07, 6.45) is 1.68. The molecule has 0 bridgehead atoms. The molecule has 0 atom stereocenters. The van der Waals surface area contributed by atoms with Crippen LogP contribution in [0.15, 0.2) is 22.8 Å². The van der Waals surface area contributed by atoms with Gasteiger partial charge in [0.2, 0.25) is 0 Å². The van der Waals surface area contributed by atoms with Gasteiger partial charge in [-0.05, 0) is 40.0 Å². The molecule has 0 aliphatic heterocycles. The van der Waals surface area contributed by atoms with Crippen molar-refractivity contribution in [1.29, 1.82) is 0 Å². The number of hydrogen-bond donors (Lipinski definition) is 1. The third kappa shape index (κ3) is 3.15. The summed E-state index contributed by atoms with van der Waals surface area (Å²) in [4.78, 5) is 17.4. The van der Waals surface area contributed by atoms with Crippen molar-refractivity contribution in [3.63, 3.8) is 0 Å². The Morgan fingerprint density at radius 3 is 2.63 bits per heavy atom. The second-order valence-electron chi connectivity index (χ2n) is 5.09. The van der Waals surface area contributed by atoms with Crippen LogP contribution in [0.3, 0.4) is 0 Å². The lowest BCUT2D eigenvalue weighted by molar-refractivity contribution is 0.0942. The predicted octanol–water partition coefficient (Wildman–Crippen LogP) is 2.85. The van der Waals surface area contributed by atoms with Gasteiger partial charge in [0.25, 0.3) is 0 Å². The Morgan fingerprint density at radius 2 is 2.11 bits per heavy atom. The lowest BCUT2D eigenvalue weighted by atomic mass is 10.1. The number of carbonyl (C=O) groups excluding carboxylic acids is 1. The zero-order valence-electron chi connectivity index (χ0n) is 11.9. The topological polar surface area (TPSA) is 49.2 Å². The highest BCUT2D eigenvalue weighted by Crippen LogP contribution is 2.13. The van der Waals surface area contributed by atoms with Crippen LogP contribution in [0, 0.1) is 20.8 Å². The maximum absolute atomic E-state index is 12.2. The fourth-order valence-electron chi connectivity index (χ4n) is 2.27. The van der Waals surface area contributed by atoms with Gasteiger partial charge in [0, 0.05) is 29.1 Å². The van der Waals surface area contributed by atoms with E-state index in [9.17, 15) is 4.79 Å². The lowest BCUT2D eigenvalue weighted by Gasteiger charge is -2.15. The molecule has 4 heteroatoms. The standard InChI is InChI=1S/C15H20N2O2/c1-10-7-14(11(2)16-10)15(18)9-17(4)8-13-5-6-19-12(13)3/h5-7,16H,8-9H2,1-4H3. The summed E-state index contributed by atoms with van der Waals surface area (Å²) in [6.45, 7) is 6.95. The van der Waals surface area contributed by atoms with Gasteiger partial charge in [0.1, 0.15) is 5.76 Å². The number of aryl methyl sites for hydroxylation is 3. The predicted molar refractivity (Wildman–Crippen MR) is 74.4 cm³/mol. The zero-order valence-corrected chi connectivity index (χ0v) is 11.9. The summed E-state index contributed by atoms with van der Waals surface area (Å²) in [5.41, 5.74) is 3.87. The Hall–Kier alpha value is -1.81. The molecule has 2 rings (SSSR count). The van der Waals surface area contributed by atoms with Crippen LogP contribution in [0.5, 0.6) is 0 Å².